The maximum Gasteiger partial charge on any atom is 0.416 e. The van der Waals surface area contributed by atoms with Crippen LogP contribution in [-0.2, 0) is 30.5 Å². The van der Waals surface area contributed by atoms with Gasteiger partial charge in [-0.1, -0.05) is 13.8 Å². The van der Waals surface area contributed by atoms with Gasteiger partial charge in [0.2, 0.25) is 5.91 Å². The molecule has 1 aliphatic heterocycles. The summed E-state index contributed by atoms with van der Waals surface area (Å²) in [4.78, 5) is 25.6. The summed E-state index contributed by atoms with van der Waals surface area (Å²) in [6.07, 6.45) is -3.15. The topological polar surface area (TPSA) is 94.7 Å². The fourth-order valence-corrected chi connectivity index (χ4v) is 4.01. The highest BCUT2D eigenvalue weighted by molar-refractivity contribution is 5.85. The average molecular weight is 448 g/mol. The first-order valence-corrected chi connectivity index (χ1v) is 10.3. The van der Waals surface area contributed by atoms with Gasteiger partial charge in [0.1, 0.15) is 18.2 Å². The predicted molar refractivity (Wildman–Crippen MR) is 110 cm³/mol. The zero-order chi connectivity index (χ0) is 23.2. The quantitative estimate of drug-likeness (QED) is 0.662. The van der Waals surface area contributed by atoms with Crippen LogP contribution in [0.5, 0.6) is 0 Å². The van der Waals surface area contributed by atoms with E-state index in [-0.39, 0.29) is 35.2 Å². The van der Waals surface area contributed by atoms with Crippen molar-refractivity contribution >= 4 is 16.7 Å². The highest BCUT2D eigenvalue weighted by atomic mass is 19.4. The summed E-state index contributed by atoms with van der Waals surface area (Å²) >= 11 is 0. The minimum atomic E-state index is -4.53. The van der Waals surface area contributed by atoms with E-state index in [2.05, 4.69) is 20.6 Å². The Morgan fingerprint density at radius 3 is 2.69 bits per heavy atom. The molecule has 2 aromatic heterocycles. The van der Waals surface area contributed by atoms with Gasteiger partial charge < -0.3 is 9.88 Å². The fraction of sp³-hybridized carbons (Fsp3) is 0.476. The number of rotatable bonds is 4. The maximum absolute atomic E-state index is 13.2. The number of halogens is 3. The third-order valence-electron chi connectivity index (χ3n) is 5.65. The molecule has 4 rings (SSSR count). The van der Waals surface area contributed by atoms with Crippen molar-refractivity contribution < 1.29 is 18.0 Å². The lowest BCUT2D eigenvalue weighted by Gasteiger charge is -2.25. The molecule has 0 saturated carbocycles. The number of carbonyl (C=O) groups excluding carboxylic acids is 1. The molecular formula is C21H23F3N6O2. The molecule has 1 aliphatic rings. The molecule has 0 radical (unpaired) electrons. The second-order valence-electron chi connectivity index (χ2n) is 8.34. The smallest absolute Gasteiger partial charge is 0.350 e. The van der Waals surface area contributed by atoms with Crippen molar-refractivity contribution in [2.45, 2.75) is 64.8 Å². The van der Waals surface area contributed by atoms with Crippen LogP contribution in [0.1, 0.15) is 49.1 Å². The van der Waals surface area contributed by atoms with E-state index >= 15 is 0 Å². The van der Waals surface area contributed by atoms with E-state index in [9.17, 15) is 22.8 Å². The van der Waals surface area contributed by atoms with Gasteiger partial charge in [-0.2, -0.15) is 18.3 Å². The van der Waals surface area contributed by atoms with Gasteiger partial charge in [0, 0.05) is 24.4 Å². The molecule has 1 amide bonds. The molecule has 0 aliphatic carbocycles. The Hall–Kier alpha value is -3.24. The van der Waals surface area contributed by atoms with Crippen molar-refractivity contribution in [2.75, 3.05) is 0 Å². The average Bonchev–Trinajstić information content (AvgIpc) is 3.09. The molecule has 0 unspecified atom stereocenters. The number of aryl methyl sites for hydroxylation is 2. The van der Waals surface area contributed by atoms with E-state index in [1.165, 1.54) is 0 Å². The van der Waals surface area contributed by atoms with Crippen LogP contribution < -0.4 is 10.9 Å². The van der Waals surface area contributed by atoms with Crippen LogP contribution in [-0.4, -0.2) is 36.5 Å². The van der Waals surface area contributed by atoms with Gasteiger partial charge in [-0.3, -0.25) is 9.59 Å². The molecule has 0 fully saturated rings. The normalized spacial score (nSPS) is 16.4. The van der Waals surface area contributed by atoms with E-state index in [1.54, 1.807) is 13.8 Å². The lowest BCUT2D eigenvalue weighted by atomic mass is 10.0. The van der Waals surface area contributed by atoms with E-state index in [0.717, 1.165) is 34.5 Å². The van der Waals surface area contributed by atoms with Crippen LogP contribution in [0.3, 0.4) is 0 Å². The van der Waals surface area contributed by atoms with Crippen molar-refractivity contribution in [1.29, 1.82) is 0 Å². The first kappa shape index (κ1) is 22.0. The molecule has 0 spiro atoms. The maximum atomic E-state index is 13.2. The van der Waals surface area contributed by atoms with Crippen LogP contribution in [0, 0.1) is 6.92 Å². The van der Waals surface area contributed by atoms with Crippen LogP contribution >= 0.6 is 0 Å². The number of fused-ring (bicyclic) bond motifs is 2. The van der Waals surface area contributed by atoms with Gasteiger partial charge in [0.25, 0.3) is 5.56 Å². The molecule has 11 heteroatoms. The summed E-state index contributed by atoms with van der Waals surface area (Å²) in [5, 5.41) is 15.6. The standard InChI is InChI=1S/C21H23F3N6O2/c1-11(2)19-16-8-13(21(22,23)24)4-6-15(16)20(32)30(28-19)10-18(31)25-14-5-7-17-27-26-12(3)29(17)9-14/h4,6,8,11,14H,5,7,9-10H2,1-3H3,(H,25,31)/t14-/m0/s1. The number of hydrogen-bond donors (Lipinski definition) is 1. The second-order valence-corrected chi connectivity index (χ2v) is 8.34. The monoisotopic (exact) mass is 448 g/mol. The van der Waals surface area contributed by atoms with Gasteiger partial charge in [-0.05, 0) is 37.5 Å². The third-order valence-corrected chi connectivity index (χ3v) is 5.65. The summed E-state index contributed by atoms with van der Waals surface area (Å²) in [5.41, 5.74) is -1.11. The fourth-order valence-electron chi connectivity index (χ4n) is 4.01. The second kappa shape index (κ2) is 8.03. The number of benzene rings is 1. The largest absolute Gasteiger partial charge is 0.416 e. The molecule has 3 aromatic rings. The molecule has 0 bridgehead atoms. The SMILES string of the molecule is Cc1nnc2n1C[C@@H](NC(=O)Cn1nc(C(C)C)c3cc(C(F)(F)F)ccc3c1=O)CC2. The Labute approximate surface area is 181 Å². The van der Waals surface area contributed by atoms with Gasteiger partial charge in [0.05, 0.1) is 16.6 Å². The summed E-state index contributed by atoms with van der Waals surface area (Å²) in [5.74, 6) is 1.01. The number of aromatic nitrogens is 5. The first-order chi connectivity index (χ1) is 15.0. The number of amides is 1. The van der Waals surface area contributed by atoms with Gasteiger partial charge in [-0.15, -0.1) is 10.2 Å². The minimum absolute atomic E-state index is 0.104. The van der Waals surface area contributed by atoms with E-state index in [4.69, 9.17) is 0 Å². The number of alkyl halides is 3. The summed E-state index contributed by atoms with van der Waals surface area (Å²) in [7, 11) is 0. The summed E-state index contributed by atoms with van der Waals surface area (Å²) < 4.78 is 42.4. The Kier molecular flexibility index (Phi) is 5.51. The Morgan fingerprint density at radius 2 is 2.00 bits per heavy atom. The molecule has 32 heavy (non-hydrogen) atoms. The van der Waals surface area contributed by atoms with Crippen molar-refractivity contribution in [1.82, 2.24) is 29.9 Å². The van der Waals surface area contributed by atoms with Gasteiger partial charge in [-0.25, -0.2) is 4.68 Å². The highest BCUT2D eigenvalue weighted by Gasteiger charge is 2.31. The first-order valence-electron chi connectivity index (χ1n) is 10.3. The molecule has 0 saturated heterocycles. The lowest BCUT2D eigenvalue weighted by Crippen LogP contribution is -2.44. The van der Waals surface area contributed by atoms with Gasteiger partial charge in [0.15, 0.2) is 0 Å². The van der Waals surface area contributed by atoms with Crippen molar-refractivity contribution in [2.24, 2.45) is 0 Å². The molecule has 3 heterocycles. The van der Waals surface area contributed by atoms with Gasteiger partial charge >= 0.3 is 6.18 Å². The summed E-state index contributed by atoms with van der Waals surface area (Å²) in [6, 6.07) is 2.84. The summed E-state index contributed by atoms with van der Waals surface area (Å²) in [6.45, 7) is 5.62. The zero-order valence-electron chi connectivity index (χ0n) is 17.9. The molecular weight excluding hydrogens is 425 g/mol. The molecule has 8 nitrogen and oxygen atoms in total. The molecule has 1 atom stereocenters. The van der Waals surface area contributed by atoms with E-state index in [0.29, 0.717) is 25.1 Å². The zero-order valence-corrected chi connectivity index (χ0v) is 17.9. The molecule has 1 N–H and O–H groups in total. The number of nitrogens with zero attached hydrogens (tertiary/aromatic N) is 5. The Morgan fingerprint density at radius 1 is 1.25 bits per heavy atom. The van der Waals surface area contributed by atoms with Crippen molar-refractivity contribution in [3.05, 3.63) is 51.5 Å². The van der Waals surface area contributed by atoms with E-state index < -0.39 is 17.3 Å². The molecule has 170 valence electrons. The number of nitrogens with one attached hydrogen (secondary N) is 1. The third kappa shape index (κ3) is 4.11. The molecule has 1 aromatic carbocycles. The van der Waals surface area contributed by atoms with Crippen molar-refractivity contribution in [3.8, 4) is 0 Å². The number of carbonyl (C=O) groups is 1. The van der Waals surface area contributed by atoms with Crippen LogP contribution in [0.15, 0.2) is 23.0 Å². The highest BCUT2D eigenvalue weighted by Crippen LogP contribution is 2.32. The van der Waals surface area contributed by atoms with E-state index in [1.807, 2.05) is 11.5 Å². The Bertz CT molecular complexity index is 1240. The Balaban J connectivity index is 1.60. The van der Waals surface area contributed by atoms with Crippen LogP contribution in [0.2, 0.25) is 0 Å². The number of hydrogen-bond acceptors (Lipinski definition) is 5. The predicted octanol–water partition coefficient (Wildman–Crippen LogP) is 2.57. The lowest BCUT2D eigenvalue weighted by molar-refractivity contribution is -0.137. The van der Waals surface area contributed by atoms with Crippen LogP contribution in [0.4, 0.5) is 13.2 Å². The van der Waals surface area contributed by atoms with Crippen LogP contribution in [0.25, 0.3) is 10.8 Å². The van der Waals surface area contributed by atoms with Crippen molar-refractivity contribution in [3.63, 3.8) is 0 Å². The minimum Gasteiger partial charge on any atom is -0.350 e.